The third kappa shape index (κ3) is 15.2. The summed E-state index contributed by atoms with van der Waals surface area (Å²) in [6.07, 6.45) is 9.63. The molecule has 0 saturated carbocycles. The number of carbonyl (C=O) groups is 4. The fraction of sp³-hybridized carbons (Fsp3) is 0.490. The van der Waals surface area contributed by atoms with Gasteiger partial charge in [-0.1, -0.05) is 76.2 Å². The molecule has 5 N–H and O–H groups in total. The van der Waals surface area contributed by atoms with Crippen LogP contribution >= 0.6 is 11.8 Å². The van der Waals surface area contributed by atoms with E-state index in [-0.39, 0.29) is 30.2 Å². The van der Waals surface area contributed by atoms with Crippen LogP contribution in [0.2, 0.25) is 0 Å². The number of aliphatic imine (C=N–C) groups is 1. The van der Waals surface area contributed by atoms with E-state index in [9.17, 15) is 19.2 Å². The lowest BCUT2D eigenvalue weighted by Crippen LogP contribution is -2.57. The Balaban J connectivity index is 1.18. The lowest BCUT2D eigenvalue weighted by molar-refractivity contribution is -0.144. The van der Waals surface area contributed by atoms with E-state index >= 15 is 0 Å². The molecule has 3 aromatic carbocycles. The Labute approximate surface area is 368 Å². The highest BCUT2D eigenvalue weighted by molar-refractivity contribution is 8.11. The highest BCUT2D eigenvalue weighted by Crippen LogP contribution is 2.30. The third-order valence-corrected chi connectivity index (χ3v) is 11.4. The minimum Gasteiger partial charge on any atom is -0.382 e. The second kappa shape index (κ2) is 23.9. The van der Waals surface area contributed by atoms with Crippen molar-refractivity contribution in [1.29, 1.82) is 0 Å². The molecule has 1 aliphatic heterocycles. The predicted octanol–water partition coefficient (Wildman–Crippen LogP) is 8.68. The van der Waals surface area contributed by atoms with E-state index in [4.69, 9.17) is 10.5 Å². The number of benzene rings is 3. The van der Waals surface area contributed by atoms with Crippen molar-refractivity contribution in [3.05, 3.63) is 94.2 Å². The molecule has 0 spiro atoms. The summed E-state index contributed by atoms with van der Waals surface area (Å²) in [6.45, 7) is 15.9. The van der Waals surface area contributed by atoms with Gasteiger partial charge in [-0.2, -0.15) is 0 Å². The Morgan fingerprint density at radius 1 is 0.984 bits per heavy atom. The molecule has 1 aliphatic rings. The fourth-order valence-electron chi connectivity index (χ4n) is 7.29. The molecule has 12 heteroatoms. The Morgan fingerprint density at radius 2 is 1.67 bits per heavy atom. The lowest BCUT2D eigenvalue weighted by Gasteiger charge is -2.35. The monoisotopic (exact) mass is 852 g/mol. The van der Waals surface area contributed by atoms with Crippen LogP contribution < -0.4 is 21.7 Å². The van der Waals surface area contributed by atoms with Gasteiger partial charge in [-0.25, -0.2) is 0 Å². The van der Waals surface area contributed by atoms with Crippen molar-refractivity contribution in [1.82, 2.24) is 15.5 Å². The van der Waals surface area contributed by atoms with Crippen molar-refractivity contribution in [2.24, 2.45) is 16.1 Å². The molecule has 3 atom stereocenters. The fourth-order valence-corrected chi connectivity index (χ4v) is 7.56. The predicted molar refractivity (Wildman–Crippen MR) is 252 cm³/mol. The van der Waals surface area contributed by atoms with E-state index in [2.05, 4.69) is 65.1 Å². The molecule has 1 saturated heterocycles. The second-order valence-corrected chi connectivity index (χ2v) is 17.8. The molecule has 1 heterocycles. The number of likely N-dealkylation sites (tertiary alicyclic amines) is 1. The third-order valence-electron chi connectivity index (χ3n) is 11.1. The molecule has 0 aromatic heterocycles. The number of hydrogen-bond donors (Lipinski definition) is 4. The number of primary amides is 1. The minimum absolute atomic E-state index is 0.180. The van der Waals surface area contributed by atoms with E-state index in [1.165, 1.54) is 5.56 Å². The van der Waals surface area contributed by atoms with Crippen molar-refractivity contribution in [3.8, 4) is 11.1 Å². The van der Waals surface area contributed by atoms with Crippen LogP contribution in [0.4, 0.5) is 5.69 Å². The first-order valence-electron chi connectivity index (χ1n) is 21.7. The maximum absolute atomic E-state index is 13.9. The largest absolute Gasteiger partial charge is 0.382 e. The smallest absolute Gasteiger partial charge is 0.249 e. The molecule has 330 valence electrons. The van der Waals surface area contributed by atoms with Gasteiger partial charge in [0, 0.05) is 55.7 Å². The van der Waals surface area contributed by atoms with Gasteiger partial charge in [-0.05, 0) is 129 Å². The van der Waals surface area contributed by atoms with Gasteiger partial charge in [0.15, 0.2) is 0 Å². The zero-order chi connectivity index (χ0) is 44.5. The number of nitrogens with two attached hydrogens (primary N) is 1. The number of unbranched alkanes of at least 4 members (excludes halogenated alkanes) is 1. The molecule has 0 aliphatic carbocycles. The van der Waals surface area contributed by atoms with Crippen LogP contribution in [0.25, 0.3) is 17.2 Å². The lowest BCUT2D eigenvalue weighted by atomic mass is 9.85. The van der Waals surface area contributed by atoms with Crippen LogP contribution in [0.1, 0.15) is 119 Å². The van der Waals surface area contributed by atoms with Gasteiger partial charge >= 0.3 is 0 Å². The maximum atomic E-state index is 13.9. The van der Waals surface area contributed by atoms with E-state index in [1.54, 1.807) is 22.2 Å². The van der Waals surface area contributed by atoms with Crippen LogP contribution in [0, 0.1) is 12.3 Å². The molecule has 0 radical (unpaired) electrons. The van der Waals surface area contributed by atoms with Crippen molar-refractivity contribution < 1.29 is 23.9 Å². The molecule has 61 heavy (non-hydrogen) atoms. The van der Waals surface area contributed by atoms with Crippen LogP contribution in [0.3, 0.4) is 0 Å². The summed E-state index contributed by atoms with van der Waals surface area (Å²) in [5.41, 5.74) is 15.4. The summed E-state index contributed by atoms with van der Waals surface area (Å²) >= 11 is 1.55. The first kappa shape index (κ1) is 48.7. The molecular weight excluding hydrogens is 785 g/mol. The van der Waals surface area contributed by atoms with Gasteiger partial charge in [-0.15, -0.1) is 11.8 Å². The summed E-state index contributed by atoms with van der Waals surface area (Å²) in [7, 11) is 0. The number of aryl methyl sites for hydroxylation is 1. The van der Waals surface area contributed by atoms with E-state index in [1.807, 2.05) is 77.3 Å². The summed E-state index contributed by atoms with van der Waals surface area (Å²) in [6, 6.07) is 19.2. The highest BCUT2D eigenvalue weighted by Gasteiger charge is 2.41. The number of hydrogen-bond acceptors (Lipinski definition) is 8. The quantitative estimate of drug-likeness (QED) is 0.0448. The van der Waals surface area contributed by atoms with E-state index < -0.39 is 23.4 Å². The van der Waals surface area contributed by atoms with Gasteiger partial charge in [0.05, 0.1) is 5.55 Å². The number of allylic oxidation sites excluding steroid dienone is 1. The zero-order valence-electron chi connectivity index (χ0n) is 37.6. The Bertz CT molecular complexity index is 1990. The van der Waals surface area contributed by atoms with Crippen LogP contribution in [-0.4, -0.2) is 78.2 Å². The van der Waals surface area contributed by atoms with Crippen molar-refractivity contribution in [3.63, 3.8) is 0 Å². The van der Waals surface area contributed by atoms with Crippen LogP contribution in [-0.2, 0) is 32.1 Å². The number of thioether (sulfide) groups is 1. The zero-order valence-corrected chi connectivity index (χ0v) is 38.4. The number of nitrogens with one attached hydrogen (secondary N) is 3. The Morgan fingerprint density at radius 3 is 2.33 bits per heavy atom. The number of anilines is 1. The number of rotatable bonds is 22. The standard InChI is InChI=1S/C49H68N6O5S/c1-9-33(2)53-42-30-40(29-41(35(42)4)46(50)57)39-23-21-36(22-24-39)14-13-27-60-26-11-10-16-44(56)54-45(49(5,6)7)48(59)55-25-12-15-43(55)47(58)51-31-38-19-17-37(18-20-38)28-34(3)52-32-61-8/h17-24,28-30,32-33,43,45,53H,9-16,25-27,31H2,1-8H3,(H2,50,57)(H,51,58)(H,54,56)/b34-28+,52-32?. The van der Waals surface area contributed by atoms with Crippen molar-refractivity contribution >= 4 is 52.7 Å². The average Bonchev–Trinajstić information content (AvgIpc) is 3.73. The summed E-state index contributed by atoms with van der Waals surface area (Å²) in [5.74, 6) is -1.02. The number of nitrogens with zero attached hydrogens (tertiary/aromatic N) is 2. The molecule has 11 nitrogen and oxygen atoms in total. The van der Waals surface area contributed by atoms with Crippen LogP contribution in [0.5, 0.6) is 0 Å². The number of amides is 4. The molecular formula is C49H68N6O5S. The van der Waals surface area contributed by atoms with E-state index in [0.717, 1.165) is 71.3 Å². The van der Waals surface area contributed by atoms with Gasteiger partial charge in [0.25, 0.3) is 0 Å². The topological polar surface area (TPSA) is 155 Å². The van der Waals surface area contributed by atoms with Gasteiger partial charge in [0.1, 0.15) is 12.1 Å². The summed E-state index contributed by atoms with van der Waals surface area (Å²) < 4.78 is 5.90. The molecule has 3 aromatic rings. The Kier molecular flexibility index (Phi) is 19.1. The Hall–Kier alpha value is -4.94. The minimum atomic E-state index is -0.753. The summed E-state index contributed by atoms with van der Waals surface area (Å²) in [4.78, 5) is 58.7. The van der Waals surface area contributed by atoms with E-state index in [0.29, 0.717) is 44.7 Å². The molecule has 3 unspecified atom stereocenters. The van der Waals surface area contributed by atoms with Crippen molar-refractivity contribution in [2.45, 2.75) is 125 Å². The number of carbonyl (C=O) groups excluding carboxylic acids is 4. The molecule has 0 bridgehead atoms. The highest BCUT2D eigenvalue weighted by atomic mass is 32.2. The summed E-state index contributed by atoms with van der Waals surface area (Å²) in [5, 5.41) is 9.54. The first-order valence-corrected chi connectivity index (χ1v) is 23.0. The molecule has 4 amide bonds. The SMILES string of the molecule is CCC(C)Nc1cc(-c2ccc(CCCOCCCCC(=O)NC(C(=O)N3CCCC3C(=O)NCc3ccc(/C=C(\C)N=CSC)cc3)C(C)(C)C)cc2)cc(C(N)=O)c1C. The van der Waals surface area contributed by atoms with Crippen molar-refractivity contribution in [2.75, 3.05) is 31.3 Å². The van der Waals surface area contributed by atoms with Gasteiger partial charge < -0.3 is 31.3 Å². The van der Waals surface area contributed by atoms with Gasteiger partial charge in [0.2, 0.25) is 23.6 Å². The average molecular weight is 853 g/mol. The maximum Gasteiger partial charge on any atom is 0.249 e. The molecule has 4 rings (SSSR count). The number of ether oxygens (including phenoxy) is 1. The van der Waals surface area contributed by atoms with Gasteiger partial charge in [-0.3, -0.25) is 24.2 Å². The van der Waals surface area contributed by atoms with Crippen LogP contribution in [0.15, 0.2) is 71.4 Å². The second-order valence-electron chi connectivity index (χ2n) is 17.2. The molecule has 1 fully saturated rings. The normalized spacial score (nSPS) is 15.4. The first-order chi connectivity index (χ1) is 29.1.